The lowest BCUT2D eigenvalue weighted by Crippen LogP contribution is -2.11. The Morgan fingerprint density at radius 3 is 2.52 bits per heavy atom. The average Bonchev–Trinajstić information content (AvgIpc) is 2.84. The van der Waals surface area contributed by atoms with E-state index >= 15 is 0 Å². The summed E-state index contributed by atoms with van der Waals surface area (Å²) in [4.78, 5) is 0. The van der Waals surface area contributed by atoms with E-state index in [0.29, 0.717) is 0 Å². The Kier molecular flexibility index (Phi) is 11.4. The Morgan fingerprint density at radius 1 is 1.15 bits per heavy atom. The number of hydrogen-bond acceptors (Lipinski definition) is 1. The van der Waals surface area contributed by atoms with Gasteiger partial charge in [-0.05, 0) is 69.8 Å². The third-order valence-electron chi connectivity index (χ3n) is 4.54. The second kappa shape index (κ2) is 13.3. The van der Waals surface area contributed by atoms with E-state index in [1.54, 1.807) is 12.1 Å². The van der Waals surface area contributed by atoms with E-state index in [1.807, 2.05) is 33.8 Å². The van der Waals surface area contributed by atoms with E-state index in [4.69, 9.17) is 0 Å². The second-order valence-corrected chi connectivity index (χ2v) is 6.35. The van der Waals surface area contributed by atoms with Crippen LogP contribution in [0.4, 0.5) is 4.39 Å². The van der Waals surface area contributed by atoms with E-state index < -0.39 is 0 Å². The first-order valence-electron chi connectivity index (χ1n) is 10.4. The van der Waals surface area contributed by atoms with Crippen molar-refractivity contribution in [2.24, 2.45) is 0 Å². The number of hydrogen-bond donors (Lipinski definition) is 1. The summed E-state index contributed by atoms with van der Waals surface area (Å²) in [5, 5.41) is 4.52. The van der Waals surface area contributed by atoms with Crippen LogP contribution in [-0.2, 0) is 19.5 Å². The minimum absolute atomic E-state index is 0.143. The third-order valence-corrected chi connectivity index (χ3v) is 4.54. The van der Waals surface area contributed by atoms with Gasteiger partial charge in [-0.25, -0.2) is 4.39 Å². The van der Waals surface area contributed by atoms with Gasteiger partial charge >= 0.3 is 0 Å². The summed E-state index contributed by atoms with van der Waals surface area (Å²) in [7, 11) is 0. The van der Waals surface area contributed by atoms with Gasteiger partial charge in [-0.15, -0.1) is 0 Å². The summed E-state index contributed by atoms with van der Waals surface area (Å²) >= 11 is 0. The summed E-state index contributed by atoms with van der Waals surface area (Å²) in [6.45, 7) is 13.1. The van der Waals surface area contributed by atoms with Gasteiger partial charge in [0, 0.05) is 29.7 Å². The molecule has 2 aromatic rings. The zero-order valence-electron chi connectivity index (χ0n) is 17.8. The topological polar surface area (TPSA) is 17.0 Å². The fourth-order valence-corrected chi connectivity index (χ4v) is 3.39. The Hall–Kier alpha value is -1.87. The predicted molar refractivity (Wildman–Crippen MR) is 118 cm³/mol. The lowest BCUT2D eigenvalue weighted by molar-refractivity contribution is 0.628. The molecule has 3 rings (SSSR count). The van der Waals surface area contributed by atoms with E-state index in [1.165, 1.54) is 16.8 Å². The number of nitrogens with zero attached hydrogens (tertiary/aromatic N) is 1. The summed E-state index contributed by atoms with van der Waals surface area (Å²) in [5.74, 6) is -0.143. The fourth-order valence-electron chi connectivity index (χ4n) is 3.39. The number of nitrogens with one attached hydrogen (secondary N) is 1. The zero-order valence-corrected chi connectivity index (χ0v) is 17.8. The van der Waals surface area contributed by atoms with Crippen LogP contribution in [0, 0.1) is 5.82 Å². The standard InChI is InChI=1S/C17H21FN2.C5H10.C2H6/c1-2-3-4-10-20-16-6-5-9-19-12-15(16)14-11-13(18)7-8-17(14)20;1-3-5-4-2;1-2/h2-3,7-8,11,19H,4-6,9-10,12H2,1H3;3,5H,4H2,1-2H3;1-2H3/b3-2+;5-3-;. The van der Waals surface area contributed by atoms with Gasteiger partial charge in [0.25, 0.3) is 0 Å². The van der Waals surface area contributed by atoms with Crippen LogP contribution in [0.3, 0.4) is 0 Å². The molecule has 3 heteroatoms. The van der Waals surface area contributed by atoms with Crippen molar-refractivity contribution >= 4 is 10.9 Å². The molecule has 150 valence electrons. The SMILES string of the molecule is C/C=C/CCn1c2c(c3cc(F)ccc31)CNCCC2.C/C=C\CC.CC. The molecule has 2 heterocycles. The highest BCUT2D eigenvalue weighted by atomic mass is 19.1. The van der Waals surface area contributed by atoms with E-state index in [-0.39, 0.29) is 5.82 Å². The first-order valence-corrected chi connectivity index (χ1v) is 10.4. The Labute approximate surface area is 165 Å². The predicted octanol–water partition coefficient (Wildman–Crippen LogP) is 6.78. The zero-order chi connectivity index (χ0) is 20.1. The van der Waals surface area contributed by atoms with E-state index in [9.17, 15) is 4.39 Å². The molecule has 0 saturated carbocycles. The largest absolute Gasteiger partial charge is 0.344 e. The molecule has 0 spiro atoms. The molecule has 27 heavy (non-hydrogen) atoms. The Morgan fingerprint density at radius 2 is 1.89 bits per heavy atom. The molecule has 0 aliphatic carbocycles. The van der Waals surface area contributed by atoms with Crippen molar-refractivity contribution in [3.8, 4) is 0 Å². The van der Waals surface area contributed by atoms with Gasteiger partial charge < -0.3 is 9.88 Å². The number of aromatic nitrogens is 1. The highest BCUT2D eigenvalue weighted by molar-refractivity contribution is 5.85. The van der Waals surface area contributed by atoms with Crippen LogP contribution in [0.1, 0.15) is 65.1 Å². The molecule has 0 amide bonds. The van der Waals surface area contributed by atoms with Crippen molar-refractivity contribution < 1.29 is 4.39 Å². The Bertz CT molecular complexity index is 726. The van der Waals surface area contributed by atoms with Crippen LogP contribution in [0.5, 0.6) is 0 Å². The molecule has 1 aliphatic heterocycles. The highest BCUT2D eigenvalue weighted by Gasteiger charge is 2.18. The molecule has 1 aromatic heterocycles. The lowest BCUT2D eigenvalue weighted by atomic mass is 10.1. The number of halogens is 1. The third kappa shape index (κ3) is 6.66. The maximum absolute atomic E-state index is 13.6. The van der Waals surface area contributed by atoms with Gasteiger partial charge in [0.05, 0.1) is 0 Å². The van der Waals surface area contributed by atoms with E-state index in [2.05, 4.69) is 41.1 Å². The summed E-state index contributed by atoms with van der Waals surface area (Å²) in [6.07, 6.45) is 12.9. The van der Waals surface area contributed by atoms with Gasteiger partial charge in [-0.2, -0.15) is 0 Å². The summed E-state index contributed by atoms with van der Waals surface area (Å²) in [5.41, 5.74) is 3.85. The molecule has 0 bridgehead atoms. The number of fused-ring (bicyclic) bond motifs is 3. The molecule has 1 aliphatic rings. The average molecular weight is 373 g/mol. The van der Waals surface area contributed by atoms with Gasteiger partial charge in [0.1, 0.15) is 5.82 Å². The minimum atomic E-state index is -0.143. The van der Waals surface area contributed by atoms with Crippen LogP contribution < -0.4 is 5.32 Å². The smallest absolute Gasteiger partial charge is 0.123 e. The normalized spacial score (nSPS) is 13.7. The maximum atomic E-state index is 13.6. The molecule has 0 fully saturated rings. The van der Waals surface area contributed by atoms with Crippen molar-refractivity contribution in [2.75, 3.05) is 6.54 Å². The van der Waals surface area contributed by atoms with Crippen LogP contribution in [0.15, 0.2) is 42.5 Å². The van der Waals surface area contributed by atoms with E-state index in [0.717, 1.165) is 50.7 Å². The second-order valence-electron chi connectivity index (χ2n) is 6.35. The van der Waals surface area contributed by atoms with Gasteiger partial charge in [-0.1, -0.05) is 45.1 Å². The first-order chi connectivity index (χ1) is 13.2. The molecule has 1 aromatic carbocycles. The van der Waals surface area contributed by atoms with Crippen LogP contribution in [-0.4, -0.2) is 11.1 Å². The van der Waals surface area contributed by atoms with Crippen LogP contribution in [0.2, 0.25) is 0 Å². The monoisotopic (exact) mass is 372 g/mol. The first kappa shape index (κ1) is 23.2. The molecule has 0 saturated heterocycles. The molecule has 0 radical (unpaired) electrons. The molecule has 0 atom stereocenters. The van der Waals surface area contributed by atoms with Gasteiger partial charge in [0.2, 0.25) is 0 Å². The molecule has 2 nitrogen and oxygen atoms in total. The van der Waals surface area contributed by atoms with Crippen molar-refractivity contribution in [3.63, 3.8) is 0 Å². The van der Waals surface area contributed by atoms with Crippen LogP contribution >= 0.6 is 0 Å². The number of rotatable bonds is 4. The fraction of sp³-hybridized carbons (Fsp3) is 0.500. The number of aryl methyl sites for hydroxylation is 1. The quantitative estimate of drug-likeness (QED) is 0.585. The van der Waals surface area contributed by atoms with Crippen molar-refractivity contribution in [1.29, 1.82) is 0 Å². The lowest BCUT2D eigenvalue weighted by Gasteiger charge is -2.09. The molecular weight excluding hydrogens is 335 g/mol. The number of allylic oxidation sites excluding steroid dienone is 4. The van der Waals surface area contributed by atoms with Gasteiger partial charge in [0.15, 0.2) is 0 Å². The highest BCUT2D eigenvalue weighted by Crippen LogP contribution is 2.29. The summed E-state index contributed by atoms with van der Waals surface area (Å²) in [6, 6.07) is 5.18. The molecule has 0 unspecified atom stereocenters. The minimum Gasteiger partial charge on any atom is -0.344 e. The van der Waals surface area contributed by atoms with Crippen molar-refractivity contribution in [3.05, 3.63) is 59.6 Å². The van der Waals surface area contributed by atoms with Crippen molar-refractivity contribution in [2.45, 2.75) is 73.4 Å². The Balaban J connectivity index is 0.000000454. The van der Waals surface area contributed by atoms with Gasteiger partial charge in [-0.3, -0.25) is 0 Å². The van der Waals surface area contributed by atoms with Crippen LogP contribution in [0.25, 0.3) is 10.9 Å². The van der Waals surface area contributed by atoms with Crippen molar-refractivity contribution in [1.82, 2.24) is 9.88 Å². The number of benzene rings is 1. The molecule has 1 N–H and O–H groups in total. The maximum Gasteiger partial charge on any atom is 0.123 e. The molecular formula is C24H37FN2. The summed E-state index contributed by atoms with van der Waals surface area (Å²) < 4.78 is 16.0.